The predicted molar refractivity (Wildman–Crippen MR) is 72.4 cm³/mol. The molecule has 0 amide bonds. The van der Waals surface area contributed by atoms with Crippen molar-refractivity contribution in [1.29, 1.82) is 0 Å². The standard InChI is InChI=1S/C13H18N2O2S/c1-13(2,3)10-6-9-8-15-5-4-11(9)12(7-10)18(14,16)17/h4-7,15H,8H2,1-3H3,(H2,14,16,17). The third-order valence-electron chi connectivity index (χ3n) is 3.06. The molecule has 2 rings (SSSR count). The van der Waals surface area contributed by atoms with Gasteiger partial charge < -0.3 is 5.32 Å². The largest absolute Gasteiger partial charge is 0.387 e. The van der Waals surface area contributed by atoms with Crippen LogP contribution < -0.4 is 10.5 Å². The Balaban J connectivity index is 2.76. The van der Waals surface area contributed by atoms with Gasteiger partial charge in [-0.25, -0.2) is 13.6 Å². The van der Waals surface area contributed by atoms with E-state index in [4.69, 9.17) is 5.14 Å². The van der Waals surface area contributed by atoms with Crippen molar-refractivity contribution in [2.75, 3.05) is 0 Å². The van der Waals surface area contributed by atoms with Crippen LogP contribution in [0.3, 0.4) is 0 Å². The number of nitrogens with one attached hydrogen (secondary N) is 1. The summed E-state index contributed by atoms with van der Waals surface area (Å²) in [6.07, 6.45) is 3.50. The van der Waals surface area contributed by atoms with Crippen molar-refractivity contribution in [3.63, 3.8) is 0 Å². The van der Waals surface area contributed by atoms with Gasteiger partial charge in [-0.1, -0.05) is 26.8 Å². The van der Waals surface area contributed by atoms with Gasteiger partial charge in [0, 0.05) is 12.1 Å². The number of benzene rings is 1. The van der Waals surface area contributed by atoms with Crippen LogP contribution in [0.2, 0.25) is 0 Å². The number of hydrogen-bond donors (Lipinski definition) is 2. The molecule has 98 valence electrons. The number of sulfonamides is 1. The lowest BCUT2D eigenvalue weighted by atomic mass is 9.85. The first-order valence-corrected chi connectivity index (χ1v) is 7.34. The van der Waals surface area contributed by atoms with Crippen molar-refractivity contribution >= 4 is 16.1 Å². The normalized spacial score (nSPS) is 15.1. The average Bonchev–Trinajstić information content (AvgIpc) is 2.25. The van der Waals surface area contributed by atoms with Gasteiger partial charge in [-0.15, -0.1) is 0 Å². The average molecular weight is 266 g/mol. The Morgan fingerprint density at radius 3 is 2.50 bits per heavy atom. The van der Waals surface area contributed by atoms with Crippen LogP contribution >= 0.6 is 0 Å². The summed E-state index contributed by atoms with van der Waals surface area (Å²) in [6.45, 7) is 6.77. The zero-order valence-electron chi connectivity index (χ0n) is 10.8. The zero-order chi connectivity index (χ0) is 13.6. The molecular formula is C13H18N2O2S. The number of hydrogen-bond acceptors (Lipinski definition) is 3. The first-order valence-electron chi connectivity index (χ1n) is 5.80. The molecule has 18 heavy (non-hydrogen) atoms. The third-order valence-corrected chi connectivity index (χ3v) is 4.01. The van der Waals surface area contributed by atoms with E-state index in [1.165, 1.54) is 0 Å². The minimum Gasteiger partial charge on any atom is -0.387 e. The highest BCUT2D eigenvalue weighted by molar-refractivity contribution is 7.89. The second-order valence-corrected chi connectivity index (χ2v) is 7.09. The van der Waals surface area contributed by atoms with E-state index in [0.717, 1.165) is 11.1 Å². The van der Waals surface area contributed by atoms with E-state index in [1.54, 1.807) is 18.3 Å². The summed E-state index contributed by atoms with van der Waals surface area (Å²) in [5.41, 5.74) is 2.52. The van der Waals surface area contributed by atoms with Gasteiger partial charge >= 0.3 is 0 Å². The van der Waals surface area contributed by atoms with Crippen LogP contribution in [0.15, 0.2) is 23.2 Å². The zero-order valence-corrected chi connectivity index (χ0v) is 11.6. The van der Waals surface area contributed by atoms with E-state index in [9.17, 15) is 8.42 Å². The monoisotopic (exact) mass is 266 g/mol. The topological polar surface area (TPSA) is 72.2 Å². The molecule has 1 aromatic rings. The molecule has 0 radical (unpaired) electrons. The maximum absolute atomic E-state index is 11.7. The quantitative estimate of drug-likeness (QED) is 0.812. The fourth-order valence-electron chi connectivity index (χ4n) is 2.00. The Morgan fingerprint density at radius 1 is 1.28 bits per heavy atom. The van der Waals surface area contributed by atoms with Crippen molar-refractivity contribution < 1.29 is 8.42 Å². The van der Waals surface area contributed by atoms with Crippen LogP contribution in [0, 0.1) is 0 Å². The van der Waals surface area contributed by atoms with Crippen LogP contribution in [-0.4, -0.2) is 8.42 Å². The van der Waals surface area contributed by atoms with Crippen LogP contribution in [0.25, 0.3) is 6.08 Å². The molecular weight excluding hydrogens is 248 g/mol. The molecule has 1 aliphatic rings. The second kappa shape index (κ2) is 4.10. The lowest BCUT2D eigenvalue weighted by molar-refractivity contribution is 0.582. The molecule has 0 bridgehead atoms. The first kappa shape index (κ1) is 13.1. The number of rotatable bonds is 1. The molecule has 1 heterocycles. The maximum Gasteiger partial charge on any atom is 0.238 e. The number of nitrogens with two attached hydrogens (primary N) is 1. The van der Waals surface area contributed by atoms with Gasteiger partial charge in [0.15, 0.2) is 0 Å². The highest BCUT2D eigenvalue weighted by Crippen LogP contribution is 2.30. The van der Waals surface area contributed by atoms with Gasteiger partial charge in [0.25, 0.3) is 0 Å². The second-order valence-electron chi connectivity index (χ2n) is 5.56. The van der Waals surface area contributed by atoms with Crippen molar-refractivity contribution in [1.82, 2.24) is 5.32 Å². The van der Waals surface area contributed by atoms with Gasteiger partial charge in [0.2, 0.25) is 10.0 Å². The van der Waals surface area contributed by atoms with E-state index in [-0.39, 0.29) is 10.3 Å². The van der Waals surface area contributed by atoms with Crippen LogP contribution in [0.5, 0.6) is 0 Å². The van der Waals surface area contributed by atoms with E-state index in [2.05, 4.69) is 5.32 Å². The first-order chi connectivity index (χ1) is 8.19. The number of fused-ring (bicyclic) bond motifs is 1. The van der Waals surface area contributed by atoms with Crippen molar-refractivity contribution in [3.8, 4) is 0 Å². The lowest BCUT2D eigenvalue weighted by Gasteiger charge is -2.24. The van der Waals surface area contributed by atoms with Crippen molar-refractivity contribution in [3.05, 3.63) is 35.0 Å². The molecule has 0 aromatic heterocycles. The van der Waals surface area contributed by atoms with Gasteiger partial charge in [-0.05, 0) is 34.9 Å². The van der Waals surface area contributed by atoms with Crippen molar-refractivity contribution in [2.24, 2.45) is 5.14 Å². The molecule has 0 aliphatic carbocycles. The Kier molecular flexibility index (Phi) is 2.99. The highest BCUT2D eigenvalue weighted by atomic mass is 32.2. The fraction of sp³-hybridized carbons (Fsp3) is 0.385. The summed E-state index contributed by atoms with van der Waals surface area (Å²) in [4.78, 5) is 0.211. The molecule has 0 spiro atoms. The summed E-state index contributed by atoms with van der Waals surface area (Å²) < 4.78 is 23.4. The van der Waals surface area contributed by atoms with E-state index in [0.29, 0.717) is 12.1 Å². The van der Waals surface area contributed by atoms with Gasteiger partial charge in [-0.3, -0.25) is 0 Å². The minimum absolute atomic E-state index is 0.115. The molecule has 0 fully saturated rings. The highest BCUT2D eigenvalue weighted by Gasteiger charge is 2.23. The van der Waals surface area contributed by atoms with Crippen molar-refractivity contribution in [2.45, 2.75) is 37.6 Å². The third kappa shape index (κ3) is 2.42. The molecule has 0 unspecified atom stereocenters. The lowest BCUT2D eigenvalue weighted by Crippen LogP contribution is -2.21. The molecule has 4 nitrogen and oxygen atoms in total. The smallest absolute Gasteiger partial charge is 0.238 e. The Morgan fingerprint density at radius 2 is 1.94 bits per heavy atom. The minimum atomic E-state index is -3.71. The molecule has 0 saturated carbocycles. The summed E-state index contributed by atoms with van der Waals surface area (Å²) >= 11 is 0. The van der Waals surface area contributed by atoms with E-state index >= 15 is 0 Å². The van der Waals surface area contributed by atoms with E-state index < -0.39 is 10.0 Å². The fourth-order valence-corrected chi connectivity index (χ4v) is 2.80. The van der Waals surface area contributed by atoms with Gasteiger partial charge in [0.1, 0.15) is 0 Å². The van der Waals surface area contributed by atoms with Gasteiger partial charge in [-0.2, -0.15) is 0 Å². The SMILES string of the molecule is CC(C)(C)c1cc2c(c(S(N)(=O)=O)c1)C=CNC2. The molecule has 3 N–H and O–H groups in total. The molecule has 1 aromatic carbocycles. The Labute approximate surface area is 108 Å². The molecule has 0 saturated heterocycles. The predicted octanol–water partition coefficient (Wildman–Crippen LogP) is 1.71. The Hall–Kier alpha value is -1.33. The molecule has 1 aliphatic heterocycles. The molecule has 0 atom stereocenters. The van der Waals surface area contributed by atoms with Crippen LogP contribution in [0.1, 0.15) is 37.5 Å². The summed E-state index contributed by atoms with van der Waals surface area (Å²) in [5, 5.41) is 8.39. The van der Waals surface area contributed by atoms with E-state index in [1.807, 2.05) is 26.8 Å². The van der Waals surface area contributed by atoms with Crippen LogP contribution in [-0.2, 0) is 22.0 Å². The summed E-state index contributed by atoms with van der Waals surface area (Å²) in [6, 6.07) is 3.73. The number of primary sulfonamides is 1. The molecule has 5 heteroatoms. The maximum atomic E-state index is 11.7. The Bertz CT molecular complexity index is 611. The van der Waals surface area contributed by atoms with Gasteiger partial charge in [0.05, 0.1) is 4.90 Å². The summed E-state index contributed by atoms with van der Waals surface area (Å²) in [5.74, 6) is 0. The van der Waals surface area contributed by atoms with Crippen LogP contribution in [0.4, 0.5) is 0 Å². The summed E-state index contributed by atoms with van der Waals surface area (Å²) in [7, 11) is -3.71.